The van der Waals surface area contributed by atoms with Gasteiger partial charge in [-0.25, -0.2) is 4.79 Å². The van der Waals surface area contributed by atoms with E-state index in [4.69, 9.17) is 14.6 Å². The number of halogens is 3. The predicted octanol–water partition coefficient (Wildman–Crippen LogP) is 4.69. The van der Waals surface area contributed by atoms with Gasteiger partial charge in [-0.05, 0) is 78.8 Å². The second-order valence-electron chi connectivity index (χ2n) is 13.1. The fourth-order valence-electron chi connectivity index (χ4n) is 7.98. The molecule has 2 unspecified atom stereocenters. The number of nitrogens with zero attached hydrogens (tertiary/aromatic N) is 3. The molecular weight excluding hydrogens is 603 g/mol. The maximum Gasteiger partial charge on any atom is 0.417 e. The second kappa shape index (κ2) is 12.8. The number of hydrogen-bond donors (Lipinski definition) is 1. The Kier molecular flexibility index (Phi) is 8.95. The Bertz CT molecular complexity index is 1510. The average Bonchev–Trinajstić information content (AvgIpc) is 3.58. The minimum absolute atomic E-state index is 0.0115. The molecule has 4 heterocycles. The number of alkyl halides is 3. The minimum atomic E-state index is -4.53. The molecule has 3 aliphatic heterocycles. The van der Waals surface area contributed by atoms with Crippen molar-refractivity contribution in [3.63, 3.8) is 0 Å². The molecule has 0 radical (unpaired) electrons. The number of amides is 2. The standard InChI is InChI=1S/C34H38F3N3O6/c1-45-29-19-46-11-9-24(29)12-22-13-27-18-40(30(41)7-4-21-2-5-23(6-3-21)31(42)43)20-33(27,15-22)32(44)39-10-8-28-25(17-39)14-26(16-38-28)34(35,36)37/h2-7,14,16,22,24,27,29H,8-13,15,17-20H2,1H3,(H,42,43)/b7-4+/t22-,24?,27+,29?,33+/m1/s1. The van der Waals surface area contributed by atoms with Crippen LogP contribution in [0.1, 0.15) is 58.4 Å². The average molecular weight is 642 g/mol. The van der Waals surface area contributed by atoms with Crippen molar-refractivity contribution in [3.05, 3.63) is 70.6 Å². The molecule has 3 fully saturated rings. The van der Waals surface area contributed by atoms with Gasteiger partial charge >= 0.3 is 12.1 Å². The van der Waals surface area contributed by atoms with Gasteiger partial charge in [-0.1, -0.05) is 12.1 Å². The number of methoxy groups -OCH3 is 1. The zero-order chi connectivity index (χ0) is 32.6. The van der Waals surface area contributed by atoms with Crippen molar-refractivity contribution in [3.8, 4) is 0 Å². The van der Waals surface area contributed by atoms with Crippen LogP contribution in [0.2, 0.25) is 0 Å². The number of likely N-dealkylation sites (tertiary alicyclic amines) is 1. The first kappa shape index (κ1) is 32.2. The van der Waals surface area contributed by atoms with Crippen molar-refractivity contribution in [2.45, 2.75) is 50.9 Å². The minimum Gasteiger partial charge on any atom is -0.478 e. The van der Waals surface area contributed by atoms with Gasteiger partial charge in [-0.2, -0.15) is 13.2 Å². The molecule has 1 aromatic carbocycles. The molecule has 246 valence electrons. The van der Waals surface area contributed by atoms with E-state index in [-0.39, 0.29) is 48.4 Å². The van der Waals surface area contributed by atoms with Gasteiger partial charge in [0.05, 0.1) is 29.3 Å². The van der Waals surface area contributed by atoms with Crippen molar-refractivity contribution in [1.82, 2.24) is 14.8 Å². The normalized spacial score (nSPS) is 27.9. The number of aromatic carboxylic acids is 1. The third kappa shape index (κ3) is 6.42. The summed E-state index contributed by atoms with van der Waals surface area (Å²) in [5, 5.41) is 9.14. The van der Waals surface area contributed by atoms with Crippen molar-refractivity contribution in [1.29, 1.82) is 0 Å². The van der Waals surface area contributed by atoms with Crippen LogP contribution in [-0.4, -0.2) is 83.7 Å². The van der Waals surface area contributed by atoms with Crippen LogP contribution in [-0.2, 0) is 38.2 Å². The number of ether oxygens (including phenoxy) is 2. The Morgan fingerprint density at radius 3 is 2.70 bits per heavy atom. The lowest BCUT2D eigenvalue weighted by atomic mass is 9.78. The molecule has 9 nitrogen and oxygen atoms in total. The van der Waals surface area contributed by atoms with E-state index in [1.807, 2.05) is 0 Å². The van der Waals surface area contributed by atoms with E-state index in [2.05, 4.69) is 4.98 Å². The summed E-state index contributed by atoms with van der Waals surface area (Å²) in [6.07, 6.45) is 2.88. The van der Waals surface area contributed by atoms with Crippen LogP contribution >= 0.6 is 0 Å². The number of benzene rings is 1. The van der Waals surface area contributed by atoms with Gasteiger partial charge in [-0.15, -0.1) is 0 Å². The number of hydrogen-bond acceptors (Lipinski definition) is 6. The summed E-state index contributed by atoms with van der Waals surface area (Å²) in [6, 6.07) is 7.29. The second-order valence-corrected chi connectivity index (χ2v) is 13.1. The fourth-order valence-corrected chi connectivity index (χ4v) is 7.98. The number of aromatic nitrogens is 1. The molecule has 1 saturated carbocycles. The predicted molar refractivity (Wildman–Crippen MR) is 160 cm³/mol. The molecular formula is C34H38F3N3O6. The lowest BCUT2D eigenvalue weighted by Crippen LogP contribution is -2.49. The van der Waals surface area contributed by atoms with Gasteiger partial charge in [0.15, 0.2) is 0 Å². The summed E-state index contributed by atoms with van der Waals surface area (Å²) in [7, 11) is 1.69. The molecule has 12 heteroatoms. The molecule has 5 atom stereocenters. The number of carbonyl (C=O) groups excluding carboxylic acids is 2. The van der Waals surface area contributed by atoms with Gasteiger partial charge in [0.2, 0.25) is 11.8 Å². The van der Waals surface area contributed by atoms with Crippen LogP contribution in [0, 0.1) is 23.2 Å². The van der Waals surface area contributed by atoms with Crippen molar-refractivity contribution in [2.24, 2.45) is 23.2 Å². The summed E-state index contributed by atoms with van der Waals surface area (Å²) in [5.41, 5.74) is 0.136. The Morgan fingerprint density at radius 2 is 1.98 bits per heavy atom. The van der Waals surface area contributed by atoms with Crippen LogP contribution in [0.15, 0.2) is 42.6 Å². The van der Waals surface area contributed by atoms with Crippen molar-refractivity contribution < 1.29 is 42.1 Å². The van der Waals surface area contributed by atoms with E-state index in [0.29, 0.717) is 61.9 Å². The topological polar surface area (TPSA) is 109 Å². The first-order valence-electron chi connectivity index (χ1n) is 15.7. The maximum absolute atomic E-state index is 14.5. The summed E-state index contributed by atoms with van der Waals surface area (Å²) >= 11 is 0. The van der Waals surface area contributed by atoms with Crippen LogP contribution in [0.4, 0.5) is 13.2 Å². The highest BCUT2D eigenvalue weighted by Crippen LogP contribution is 2.54. The highest BCUT2D eigenvalue weighted by atomic mass is 19.4. The zero-order valence-electron chi connectivity index (χ0n) is 25.7. The number of carbonyl (C=O) groups is 3. The molecule has 2 aromatic rings. The monoisotopic (exact) mass is 641 g/mol. The Balaban J connectivity index is 1.22. The third-order valence-electron chi connectivity index (χ3n) is 10.3. The lowest BCUT2D eigenvalue weighted by Gasteiger charge is -2.37. The van der Waals surface area contributed by atoms with Gasteiger partial charge < -0.3 is 24.4 Å². The Morgan fingerprint density at radius 1 is 1.20 bits per heavy atom. The van der Waals surface area contributed by atoms with Gasteiger partial charge in [0.1, 0.15) is 0 Å². The zero-order valence-corrected chi connectivity index (χ0v) is 25.7. The first-order chi connectivity index (χ1) is 22.0. The summed E-state index contributed by atoms with van der Waals surface area (Å²) in [5.74, 6) is -0.928. The van der Waals surface area contributed by atoms with Gasteiger partial charge in [0, 0.05) is 64.3 Å². The summed E-state index contributed by atoms with van der Waals surface area (Å²) in [4.78, 5) is 46.5. The molecule has 1 aliphatic carbocycles. The molecule has 6 rings (SSSR count). The molecule has 4 aliphatic rings. The van der Waals surface area contributed by atoms with E-state index >= 15 is 0 Å². The smallest absolute Gasteiger partial charge is 0.417 e. The van der Waals surface area contributed by atoms with E-state index in [0.717, 1.165) is 31.5 Å². The van der Waals surface area contributed by atoms with Crippen molar-refractivity contribution >= 4 is 23.9 Å². The van der Waals surface area contributed by atoms with Crippen LogP contribution in [0.3, 0.4) is 0 Å². The van der Waals surface area contributed by atoms with E-state index < -0.39 is 23.1 Å². The highest BCUT2D eigenvalue weighted by Gasteiger charge is 2.59. The number of carboxylic acid groups (broad SMARTS) is 1. The number of fused-ring (bicyclic) bond motifs is 2. The highest BCUT2D eigenvalue weighted by molar-refractivity contribution is 5.94. The summed E-state index contributed by atoms with van der Waals surface area (Å²) < 4.78 is 51.7. The fraction of sp³-hybridized carbons (Fsp3) is 0.529. The lowest BCUT2D eigenvalue weighted by molar-refractivity contribution is -0.144. The molecule has 2 saturated heterocycles. The third-order valence-corrected chi connectivity index (χ3v) is 10.3. The first-order valence-corrected chi connectivity index (χ1v) is 15.7. The molecule has 2 amide bonds. The van der Waals surface area contributed by atoms with Crippen LogP contribution in [0.5, 0.6) is 0 Å². The van der Waals surface area contributed by atoms with E-state index in [1.165, 1.54) is 18.2 Å². The summed E-state index contributed by atoms with van der Waals surface area (Å²) in [6.45, 7) is 2.26. The SMILES string of the molecule is COC1COCCC1C[C@@H]1C[C@H]2CN(C(=O)/C=C/c3ccc(C(=O)O)cc3)C[C@@]2(C(=O)N2CCc3ncc(C(F)(F)F)cc3C2)C1. The maximum atomic E-state index is 14.5. The molecule has 0 bridgehead atoms. The molecule has 46 heavy (non-hydrogen) atoms. The van der Waals surface area contributed by atoms with Gasteiger partial charge in [0.25, 0.3) is 0 Å². The Hall–Kier alpha value is -3.77. The van der Waals surface area contributed by atoms with E-state index in [1.54, 1.807) is 35.1 Å². The van der Waals surface area contributed by atoms with Crippen molar-refractivity contribution in [2.75, 3.05) is 40.0 Å². The molecule has 1 aromatic heterocycles. The molecule has 0 spiro atoms. The van der Waals surface area contributed by atoms with Crippen LogP contribution in [0.25, 0.3) is 6.08 Å². The van der Waals surface area contributed by atoms with Gasteiger partial charge in [-0.3, -0.25) is 14.6 Å². The Labute approximate surface area is 265 Å². The number of carboxylic acids is 1. The largest absolute Gasteiger partial charge is 0.478 e. The quantitative estimate of drug-likeness (QED) is 0.437. The van der Waals surface area contributed by atoms with Crippen LogP contribution < -0.4 is 0 Å². The number of rotatable bonds is 7. The molecule has 1 N–H and O–H groups in total. The number of pyridine rings is 1. The van der Waals surface area contributed by atoms with E-state index in [9.17, 15) is 27.6 Å².